The summed E-state index contributed by atoms with van der Waals surface area (Å²) in [6, 6.07) is 0. The van der Waals surface area contributed by atoms with Gasteiger partial charge in [-0.2, -0.15) is 27.1 Å². The standard InChI is InChI=1S/C9H8BrF5N4O/c1-19-7(17-3-4(10)2-16)5(20)6(18-19)8(11,12)9(13,14)15/h2-3,20H,16H2,1H3/b4-2+,17-3+. The minimum atomic E-state index is -5.88. The van der Waals surface area contributed by atoms with Gasteiger partial charge >= 0.3 is 12.1 Å². The molecule has 1 rings (SSSR count). The van der Waals surface area contributed by atoms with E-state index in [0.717, 1.165) is 19.5 Å². The number of aromatic nitrogens is 2. The van der Waals surface area contributed by atoms with E-state index in [-0.39, 0.29) is 4.48 Å². The molecule has 20 heavy (non-hydrogen) atoms. The van der Waals surface area contributed by atoms with Crippen molar-refractivity contribution in [2.75, 3.05) is 0 Å². The van der Waals surface area contributed by atoms with Crippen molar-refractivity contribution < 1.29 is 27.1 Å². The Bertz CT molecular complexity index is 563. The molecule has 1 aromatic rings. The number of nitrogens with zero attached hydrogens (tertiary/aromatic N) is 3. The topological polar surface area (TPSA) is 76.4 Å². The molecule has 0 aromatic carbocycles. The Morgan fingerprint density at radius 1 is 1.40 bits per heavy atom. The summed E-state index contributed by atoms with van der Waals surface area (Å²) >= 11 is 2.91. The third-order valence-corrected chi connectivity index (χ3v) is 2.58. The summed E-state index contributed by atoms with van der Waals surface area (Å²) < 4.78 is 63.8. The number of aromatic hydroxyl groups is 1. The first-order chi connectivity index (χ1) is 9.02. The predicted molar refractivity (Wildman–Crippen MR) is 64.2 cm³/mol. The highest BCUT2D eigenvalue weighted by molar-refractivity contribution is 9.12. The largest absolute Gasteiger partial charge is 0.503 e. The molecule has 0 fully saturated rings. The van der Waals surface area contributed by atoms with Crippen molar-refractivity contribution in [3.05, 3.63) is 16.4 Å². The number of halogens is 6. The molecule has 1 aromatic heterocycles. The number of hydrogen-bond acceptors (Lipinski definition) is 4. The molecule has 11 heteroatoms. The third-order valence-electron chi connectivity index (χ3n) is 2.12. The Morgan fingerprint density at radius 3 is 2.40 bits per heavy atom. The molecular formula is C9H8BrF5N4O. The van der Waals surface area contributed by atoms with Crippen molar-refractivity contribution in [2.24, 2.45) is 17.8 Å². The second kappa shape index (κ2) is 5.38. The van der Waals surface area contributed by atoms with Crippen molar-refractivity contribution in [3.8, 4) is 5.75 Å². The van der Waals surface area contributed by atoms with Gasteiger partial charge in [0, 0.05) is 19.5 Å². The normalized spacial score (nSPS) is 14.2. The van der Waals surface area contributed by atoms with Gasteiger partial charge in [-0.1, -0.05) is 0 Å². The van der Waals surface area contributed by atoms with Gasteiger partial charge in [0.2, 0.25) is 0 Å². The highest BCUT2D eigenvalue weighted by atomic mass is 79.9. The van der Waals surface area contributed by atoms with Gasteiger partial charge < -0.3 is 10.8 Å². The minimum Gasteiger partial charge on any atom is -0.503 e. The van der Waals surface area contributed by atoms with Crippen LogP contribution in [-0.2, 0) is 13.0 Å². The maximum Gasteiger partial charge on any atom is 0.459 e. The fourth-order valence-electron chi connectivity index (χ4n) is 1.16. The summed E-state index contributed by atoms with van der Waals surface area (Å²) in [6.07, 6.45) is -3.81. The fourth-order valence-corrected chi connectivity index (χ4v) is 1.26. The van der Waals surface area contributed by atoms with E-state index in [0.29, 0.717) is 4.68 Å². The lowest BCUT2D eigenvalue weighted by Gasteiger charge is -2.17. The van der Waals surface area contributed by atoms with E-state index in [4.69, 9.17) is 5.73 Å². The first-order valence-electron chi connectivity index (χ1n) is 4.84. The van der Waals surface area contributed by atoms with Crippen LogP contribution in [0.2, 0.25) is 0 Å². The Kier molecular flexibility index (Phi) is 4.42. The maximum absolute atomic E-state index is 13.1. The van der Waals surface area contributed by atoms with Crippen LogP contribution < -0.4 is 5.73 Å². The highest BCUT2D eigenvalue weighted by Crippen LogP contribution is 2.48. The lowest BCUT2D eigenvalue weighted by atomic mass is 10.2. The van der Waals surface area contributed by atoms with Crippen LogP contribution in [0.3, 0.4) is 0 Å². The summed E-state index contributed by atoms with van der Waals surface area (Å²) in [4.78, 5) is 3.52. The number of nitrogens with two attached hydrogens (primary N) is 1. The van der Waals surface area contributed by atoms with Gasteiger partial charge in [0.1, 0.15) is 0 Å². The molecule has 0 aliphatic carbocycles. The molecule has 0 spiro atoms. The smallest absolute Gasteiger partial charge is 0.459 e. The molecule has 0 amide bonds. The quantitative estimate of drug-likeness (QED) is 0.641. The second-order valence-corrected chi connectivity index (χ2v) is 4.44. The molecule has 5 nitrogen and oxygen atoms in total. The molecule has 112 valence electrons. The molecule has 0 radical (unpaired) electrons. The summed E-state index contributed by atoms with van der Waals surface area (Å²) in [5.74, 6) is -7.21. The Balaban J connectivity index is 3.33. The molecule has 0 atom stereocenters. The van der Waals surface area contributed by atoms with E-state index in [2.05, 4.69) is 26.0 Å². The first kappa shape index (κ1) is 16.4. The average Bonchev–Trinajstić information content (AvgIpc) is 2.61. The number of hydrogen-bond donors (Lipinski definition) is 2. The molecule has 3 N–H and O–H groups in total. The van der Waals surface area contributed by atoms with Gasteiger partial charge in [0.05, 0.1) is 4.48 Å². The van der Waals surface area contributed by atoms with E-state index in [1.165, 1.54) is 0 Å². The first-order valence-corrected chi connectivity index (χ1v) is 5.64. The number of alkyl halides is 5. The summed E-state index contributed by atoms with van der Waals surface area (Å²) in [7, 11) is 1.06. The fraction of sp³-hybridized carbons (Fsp3) is 0.333. The molecule has 0 aliphatic rings. The van der Waals surface area contributed by atoms with Crippen LogP contribution in [0.25, 0.3) is 0 Å². The Labute approximate surface area is 117 Å². The lowest BCUT2D eigenvalue weighted by Crippen LogP contribution is -2.34. The van der Waals surface area contributed by atoms with E-state index in [9.17, 15) is 27.1 Å². The van der Waals surface area contributed by atoms with E-state index >= 15 is 0 Å². The predicted octanol–water partition coefficient (Wildman–Crippen LogP) is 2.68. The summed E-state index contributed by atoms with van der Waals surface area (Å²) in [5, 5.41) is 12.4. The SMILES string of the molecule is Cn1nc(C(F)(F)C(F)(F)F)c(O)c1/N=C/C(Br)=C\N. The third kappa shape index (κ3) is 2.92. The molecule has 0 saturated carbocycles. The van der Waals surface area contributed by atoms with Crippen LogP contribution in [0.1, 0.15) is 5.69 Å². The van der Waals surface area contributed by atoms with Gasteiger partial charge in [0.15, 0.2) is 17.3 Å². The monoisotopic (exact) mass is 362 g/mol. The van der Waals surface area contributed by atoms with Crippen LogP contribution in [-0.4, -0.2) is 27.3 Å². The van der Waals surface area contributed by atoms with Crippen LogP contribution >= 0.6 is 15.9 Å². The van der Waals surface area contributed by atoms with Crippen molar-refractivity contribution in [2.45, 2.75) is 12.1 Å². The molecule has 0 saturated heterocycles. The average molecular weight is 363 g/mol. The molecule has 0 aliphatic heterocycles. The van der Waals surface area contributed by atoms with Gasteiger partial charge in [-0.3, -0.25) is 0 Å². The zero-order chi connectivity index (χ0) is 15.7. The number of allylic oxidation sites excluding steroid dienone is 1. The van der Waals surface area contributed by atoms with E-state index in [1.54, 1.807) is 0 Å². The Morgan fingerprint density at radius 2 is 1.95 bits per heavy atom. The number of aliphatic imine (C=N–C) groups is 1. The van der Waals surface area contributed by atoms with Gasteiger partial charge in [-0.25, -0.2) is 9.67 Å². The second-order valence-electron chi connectivity index (χ2n) is 3.53. The maximum atomic E-state index is 13.1. The molecule has 0 bridgehead atoms. The van der Waals surface area contributed by atoms with Gasteiger partial charge in [-0.05, 0) is 15.9 Å². The lowest BCUT2D eigenvalue weighted by molar-refractivity contribution is -0.291. The van der Waals surface area contributed by atoms with Crippen LogP contribution in [0.15, 0.2) is 15.7 Å². The van der Waals surface area contributed by atoms with Crippen LogP contribution in [0.5, 0.6) is 5.75 Å². The minimum absolute atomic E-state index is 0.224. The number of aryl methyl sites for hydroxylation is 1. The van der Waals surface area contributed by atoms with Gasteiger partial charge in [0.25, 0.3) is 0 Å². The molecule has 1 heterocycles. The summed E-state index contributed by atoms with van der Waals surface area (Å²) in [6.45, 7) is 0. The van der Waals surface area contributed by atoms with Crippen molar-refractivity contribution in [1.29, 1.82) is 0 Å². The Hall–Kier alpha value is -1.65. The number of rotatable bonds is 3. The van der Waals surface area contributed by atoms with Crippen LogP contribution in [0.4, 0.5) is 27.8 Å². The molecule has 0 unspecified atom stereocenters. The van der Waals surface area contributed by atoms with E-state index < -0.39 is 29.4 Å². The summed E-state index contributed by atoms with van der Waals surface area (Å²) in [5.41, 5.74) is 3.28. The van der Waals surface area contributed by atoms with Crippen LogP contribution in [0, 0.1) is 0 Å². The van der Waals surface area contributed by atoms with E-state index in [1.807, 2.05) is 0 Å². The van der Waals surface area contributed by atoms with Crippen molar-refractivity contribution in [3.63, 3.8) is 0 Å². The molecular weight excluding hydrogens is 355 g/mol. The zero-order valence-electron chi connectivity index (χ0n) is 9.79. The van der Waals surface area contributed by atoms with Gasteiger partial charge in [-0.15, -0.1) is 0 Å². The highest BCUT2D eigenvalue weighted by Gasteiger charge is 2.62. The van der Waals surface area contributed by atoms with Crippen molar-refractivity contribution >= 4 is 28.0 Å². The van der Waals surface area contributed by atoms with Crippen molar-refractivity contribution in [1.82, 2.24) is 9.78 Å². The zero-order valence-corrected chi connectivity index (χ0v) is 11.4.